The first kappa shape index (κ1) is 19.1. The minimum Gasteiger partial charge on any atom is -0.256 e. The number of aliphatic imine (C=N–C) groups is 1. The molecule has 0 aliphatic heterocycles. The maximum Gasteiger partial charge on any atom is 0.0667 e. The van der Waals surface area contributed by atoms with E-state index in [1.54, 1.807) is 0 Å². The highest BCUT2D eigenvalue weighted by Gasteiger charge is 2.10. The van der Waals surface area contributed by atoms with Crippen LogP contribution in [-0.4, -0.2) is 6.21 Å². The van der Waals surface area contributed by atoms with Gasteiger partial charge in [0, 0.05) is 11.8 Å². The van der Waals surface area contributed by atoms with E-state index in [-0.39, 0.29) is 0 Å². The van der Waals surface area contributed by atoms with Crippen molar-refractivity contribution in [3.63, 3.8) is 0 Å². The van der Waals surface area contributed by atoms with Crippen molar-refractivity contribution < 1.29 is 0 Å². The third-order valence-electron chi connectivity index (χ3n) is 5.08. The third-order valence-corrected chi connectivity index (χ3v) is 5.08. The van der Waals surface area contributed by atoms with Crippen LogP contribution in [0.3, 0.4) is 0 Å². The van der Waals surface area contributed by atoms with E-state index in [4.69, 9.17) is 4.99 Å². The second kappa shape index (κ2) is 8.35. The van der Waals surface area contributed by atoms with Gasteiger partial charge in [-0.05, 0) is 52.6 Å². The molecule has 0 atom stereocenters. The quantitative estimate of drug-likeness (QED) is 0.417. The number of hydrogen-bond donors (Lipinski definition) is 0. The summed E-state index contributed by atoms with van der Waals surface area (Å²) in [7, 11) is 0. The van der Waals surface area contributed by atoms with E-state index < -0.39 is 0 Å². The molecule has 3 aromatic rings. The number of nitrogens with zero attached hydrogens (tertiary/aromatic N) is 1. The van der Waals surface area contributed by atoms with Crippen molar-refractivity contribution in [2.75, 3.05) is 0 Å². The summed E-state index contributed by atoms with van der Waals surface area (Å²) in [6.07, 6.45) is 2.04. The van der Waals surface area contributed by atoms with E-state index in [0.29, 0.717) is 11.8 Å². The highest BCUT2D eigenvalue weighted by molar-refractivity contribution is 5.93. The first-order chi connectivity index (χ1) is 13.0. The molecule has 0 amide bonds. The molecule has 27 heavy (non-hydrogen) atoms. The topological polar surface area (TPSA) is 12.4 Å². The van der Waals surface area contributed by atoms with Gasteiger partial charge in [0.2, 0.25) is 0 Å². The number of aryl methyl sites for hydroxylation is 1. The van der Waals surface area contributed by atoms with Gasteiger partial charge in [-0.2, -0.15) is 0 Å². The zero-order valence-electron chi connectivity index (χ0n) is 17.0. The summed E-state index contributed by atoms with van der Waals surface area (Å²) in [5.41, 5.74) is 8.59. The molecule has 0 spiro atoms. The lowest BCUT2D eigenvalue weighted by molar-refractivity contribution is 0.845. The molecule has 0 N–H and O–H groups in total. The van der Waals surface area contributed by atoms with Gasteiger partial charge in [-0.1, -0.05) is 88.4 Å². The molecule has 1 heteroatoms. The number of benzene rings is 3. The Kier molecular flexibility index (Phi) is 5.91. The Morgan fingerprint density at radius 1 is 0.778 bits per heavy atom. The molecule has 0 bridgehead atoms. The monoisotopic (exact) mass is 355 g/mol. The summed E-state index contributed by atoms with van der Waals surface area (Å²) in [4.78, 5) is 4.96. The molecular weight excluding hydrogens is 326 g/mol. The van der Waals surface area contributed by atoms with E-state index in [2.05, 4.69) is 101 Å². The van der Waals surface area contributed by atoms with Crippen LogP contribution in [-0.2, 0) is 0 Å². The molecule has 0 heterocycles. The van der Waals surface area contributed by atoms with E-state index in [0.717, 1.165) is 5.69 Å². The fourth-order valence-electron chi connectivity index (χ4n) is 3.38. The van der Waals surface area contributed by atoms with Gasteiger partial charge in [-0.3, -0.25) is 4.99 Å². The molecule has 0 saturated carbocycles. The van der Waals surface area contributed by atoms with Crippen molar-refractivity contribution >= 4 is 11.9 Å². The molecule has 3 rings (SSSR count). The van der Waals surface area contributed by atoms with Gasteiger partial charge in [0.15, 0.2) is 0 Å². The molecule has 0 aliphatic carbocycles. The molecule has 0 aromatic heterocycles. The molecule has 0 saturated heterocycles. The molecule has 0 aliphatic rings. The van der Waals surface area contributed by atoms with Gasteiger partial charge in [0.05, 0.1) is 5.69 Å². The minimum atomic E-state index is 0.448. The summed E-state index contributed by atoms with van der Waals surface area (Å²) >= 11 is 0. The minimum absolute atomic E-state index is 0.448. The van der Waals surface area contributed by atoms with E-state index in [1.807, 2.05) is 6.21 Å². The normalized spacial score (nSPS) is 11.7. The molecule has 0 unspecified atom stereocenters. The predicted octanol–water partition coefficient (Wildman–Crippen LogP) is 7.66. The van der Waals surface area contributed by atoms with Crippen molar-refractivity contribution in [3.05, 3.63) is 89.0 Å². The van der Waals surface area contributed by atoms with Crippen molar-refractivity contribution in [2.24, 2.45) is 4.99 Å². The van der Waals surface area contributed by atoms with Crippen LogP contribution in [0.25, 0.3) is 11.1 Å². The van der Waals surface area contributed by atoms with Gasteiger partial charge in [0.25, 0.3) is 0 Å². The van der Waals surface area contributed by atoms with Crippen molar-refractivity contribution in [1.82, 2.24) is 0 Å². The average Bonchev–Trinajstić information content (AvgIpc) is 2.67. The number of hydrogen-bond acceptors (Lipinski definition) is 1. The van der Waals surface area contributed by atoms with Crippen LogP contribution < -0.4 is 0 Å². The fourth-order valence-corrected chi connectivity index (χ4v) is 3.38. The highest BCUT2D eigenvalue weighted by atomic mass is 14.7. The summed E-state index contributed by atoms with van der Waals surface area (Å²) in [5.74, 6) is 0.947. The lowest BCUT2D eigenvalue weighted by Crippen LogP contribution is -1.95. The standard InChI is InChI=1S/C26H29N/c1-18(2)22-14-15-23(19(3)4)26(16-22)27-17-25-20(5)10-9-13-24(25)21-11-7-6-8-12-21/h6-19H,1-5H3. The van der Waals surface area contributed by atoms with E-state index >= 15 is 0 Å². The molecular formula is C26H29N. The van der Waals surface area contributed by atoms with Gasteiger partial charge in [-0.25, -0.2) is 0 Å². The van der Waals surface area contributed by atoms with Gasteiger partial charge in [0.1, 0.15) is 0 Å². The van der Waals surface area contributed by atoms with Crippen LogP contribution in [0.15, 0.2) is 71.7 Å². The summed E-state index contributed by atoms with van der Waals surface area (Å²) in [6, 6.07) is 23.7. The van der Waals surface area contributed by atoms with E-state index in [1.165, 1.54) is 33.4 Å². The summed E-state index contributed by atoms with van der Waals surface area (Å²) < 4.78 is 0. The van der Waals surface area contributed by atoms with Crippen molar-refractivity contribution in [2.45, 2.75) is 46.5 Å². The summed E-state index contributed by atoms with van der Waals surface area (Å²) in [5, 5.41) is 0. The second-order valence-corrected chi connectivity index (χ2v) is 7.79. The van der Waals surface area contributed by atoms with Crippen LogP contribution in [0, 0.1) is 6.92 Å². The van der Waals surface area contributed by atoms with Crippen LogP contribution in [0.4, 0.5) is 5.69 Å². The third kappa shape index (κ3) is 4.36. The first-order valence-electron chi connectivity index (χ1n) is 9.80. The Hall–Kier alpha value is -2.67. The largest absolute Gasteiger partial charge is 0.256 e. The smallest absolute Gasteiger partial charge is 0.0667 e. The Morgan fingerprint density at radius 3 is 2.19 bits per heavy atom. The number of rotatable bonds is 5. The van der Waals surface area contributed by atoms with Gasteiger partial charge >= 0.3 is 0 Å². The molecule has 1 nitrogen and oxygen atoms in total. The Balaban J connectivity index is 2.08. The van der Waals surface area contributed by atoms with Gasteiger partial charge < -0.3 is 0 Å². The van der Waals surface area contributed by atoms with Crippen LogP contribution >= 0.6 is 0 Å². The maximum absolute atomic E-state index is 4.96. The van der Waals surface area contributed by atoms with Gasteiger partial charge in [-0.15, -0.1) is 0 Å². The van der Waals surface area contributed by atoms with Crippen molar-refractivity contribution in [1.29, 1.82) is 0 Å². The van der Waals surface area contributed by atoms with Crippen molar-refractivity contribution in [3.8, 4) is 11.1 Å². The first-order valence-corrected chi connectivity index (χ1v) is 9.80. The SMILES string of the molecule is Cc1cccc(-c2ccccc2)c1C=Nc1cc(C(C)C)ccc1C(C)C. The lowest BCUT2D eigenvalue weighted by atomic mass is 9.95. The Morgan fingerprint density at radius 2 is 1.52 bits per heavy atom. The molecule has 138 valence electrons. The van der Waals surface area contributed by atoms with E-state index in [9.17, 15) is 0 Å². The van der Waals surface area contributed by atoms with Crippen LogP contribution in [0.5, 0.6) is 0 Å². The second-order valence-electron chi connectivity index (χ2n) is 7.79. The molecule has 0 radical (unpaired) electrons. The molecule has 0 fully saturated rings. The zero-order valence-corrected chi connectivity index (χ0v) is 17.0. The lowest BCUT2D eigenvalue weighted by Gasteiger charge is -2.14. The molecule has 3 aromatic carbocycles. The highest BCUT2D eigenvalue weighted by Crippen LogP contribution is 2.31. The zero-order chi connectivity index (χ0) is 19.4. The fraction of sp³-hybridized carbons (Fsp3) is 0.269. The Bertz CT molecular complexity index is 934. The summed E-state index contributed by atoms with van der Waals surface area (Å²) in [6.45, 7) is 11.1. The maximum atomic E-state index is 4.96. The predicted molar refractivity (Wildman–Crippen MR) is 118 cm³/mol. The Labute approximate surface area is 163 Å². The van der Waals surface area contributed by atoms with Crippen LogP contribution in [0.2, 0.25) is 0 Å². The average molecular weight is 356 g/mol. The van der Waals surface area contributed by atoms with Crippen LogP contribution in [0.1, 0.15) is 61.8 Å².